The Morgan fingerprint density at radius 1 is 1.19 bits per heavy atom. The molecule has 4 rings (SSSR count). The molecule has 0 saturated carbocycles. The standard InChI is InChI=1S/C23H21N9O5/c1-13-17(28-23(35)31-12-14-15(29-31)5-3-6-18(14)32(36)37)11-26-19(13)21(33)27-16-7-10-30(2)20(16)22(34)25-9-4-8-24/h3,5-7,10-12,26H,4,9H2,1-2H3,(H,25,34)(H,27,33)(H,28,35). The molecular weight excluding hydrogens is 482 g/mol. The van der Waals surface area contributed by atoms with Gasteiger partial charge in [-0.25, -0.2) is 4.79 Å². The van der Waals surface area contributed by atoms with Crippen LogP contribution in [0.2, 0.25) is 0 Å². The molecule has 14 nitrogen and oxygen atoms in total. The number of H-pyrrole nitrogens is 1. The average Bonchev–Trinajstić information content (AvgIpc) is 3.56. The molecule has 0 aliphatic heterocycles. The van der Waals surface area contributed by atoms with Gasteiger partial charge in [-0.1, -0.05) is 6.07 Å². The lowest BCUT2D eigenvalue weighted by Crippen LogP contribution is -2.27. The Labute approximate surface area is 209 Å². The number of amides is 3. The molecule has 0 atom stereocenters. The Kier molecular flexibility index (Phi) is 6.69. The van der Waals surface area contributed by atoms with Crippen LogP contribution in [0.5, 0.6) is 0 Å². The number of carbonyl (C=O) groups is 3. The summed E-state index contributed by atoms with van der Waals surface area (Å²) in [6, 6.07) is 7.18. The van der Waals surface area contributed by atoms with Crippen LogP contribution < -0.4 is 16.0 Å². The third-order valence-electron chi connectivity index (χ3n) is 5.60. The van der Waals surface area contributed by atoms with E-state index in [-0.39, 0.29) is 46.6 Å². The average molecular weight is 503 g/mol. The van der Waals surface area contributed by atoms with Crippen molar-refractivity contribution in [1.29, 1.82) is 5.26 Å². The number of fused-ring (bicyclic) bond motifs is 1. The molecule has 1 aromatic carbocycles. The van der Waals surface area contributed by atoms with E-state index in [0.717, 1.165) is 4.68 Å². The van der Waals surface area contributed by atoms with Gasteiger partial charge in [0.1, 0.15) is 11.4 Å². The number of nitriles is 1. The lowest BCUT2D eigenvalue weighted by molar-refractivity contribution is -0.383. The number of anilines is 2. The number of nitrogens with one attached hydrogen (secondary N) is 4. The van der Waals surface area contributed by atoms with E-state index in [1.165, 1.54) is 24.5 Å². The summed E-state index contributed by atoms with van der Waals surface area (Å²) in [5.74, 6) is -0.989. The molecule has 0 radical (unpaired) electrons. The molecule has 0 bridgehead atoms. The van der Waals surface area contributed by atoms with Crippen LogP contribution in [0.25, 0.3) is 10.9 Å². The summed E-state index contributed by atoms with van der Waals surface area (Å²) < 4.78 is 2.49. The fourth-order valence-electron chi connectivity index (χ4n) is 3.74. The van der Waals surface area contributed by atoms with Crippen LogP contribution in [-0.4, -0.2) is 48.6 Å². The number of benzene rings is 1. The first-order valence-electron chi connectivity index (χ1n) is 10.9. The van der Waals surface area contributed by atoms with Crippen LogP contribution in [0.1, 0.15) is 33.0 Å². The molecule has 4 N–H and O–H groups in total. The number of nitro benzene ring substituents is 1. The van der Waals surface area contributed by atoms with Gasteiger partial charge >= 0.3 is 6.03 Å². The predicted molar refractivity (Wildman–Crippen MR) is 132 cm³/mol. The molecule has 0 fully saturated rings. The first-order chi connectivity index (χ1) is 17.7. The van der Waals surface area contributed by atoms with Gasteiger partial charge in [0, 0.05) is 37.6 Å². The first-order valence-corrected chi connectivity index (χ1v) is 10.9. The molecule has 3 heterocycles. The van der Waals surface area contributed by atoms with E-state index < -0.39 is 22.8 Å². The van der Waals surface area contributed by atoms with Crippen LogP contribution in [0.4, 0.5) is 21.9 Å². The topological polar surface area (TPSA) is 193 Å². The van der Waals surface area contributed by atoms with Crippen molar-refractivity contribution >= 4 is 45.8 Å². The molecular formula is C23H21N9O5. The normalized spacial score (nSPS) is 10.6. The van der Waals surface area contributed by atoms with Crippen LogP contribution >= 0.6 is 0 Å². The Balaban J connectivity index is 1.50. The molecule has 37 heavy (non-hydrogen) atoms. The number of non-ortho nitro benzene ring substituents is 1. The molecule has 0 unspecified atom stereocenters. The van der Waals surface area contributed by atoms with Crippen molar-refractivity contribution in [1.82, 2.24) is 24.6 Å². The maximum Gasteiger partial charge on any atom is 0.346 e. The van der Waals surface area contributed by atoms with Crippen LogP contribution in [0, 0.1) is 28.4 Å². The quantitative estimate of drug-likeness (QED) is 0.169. The minimum atomic E-state index is -0.682. The summed E-state index contributed by atoms with van der Waals surface area (Å²) in [4.78, 5) is 51.7. The smallest absolute Gasteiger partial charge is 0.346 e. The molecule has 0 aliphatic carbocycles. The molecule has 188 valence electrons. The van der Waals surface area contributed by atoms with Crippen molar-refractivity contribution in [3.05, 3.63) is 69.9 Å². The van der Waals surface area contributed by atoms with Gasteiger partial charge < -0.3 is 25.5 Å². The fourth-order valence-corrected chi connectivity index (χ4v) is 3.74. The Hall–Kier alpha value is -5.45. The van der Waals surface area contributed by atoms with Crippen molar-refractivity contribution in [3.8, 4) is 6.07 Å². The third kappa shape index (κ3) is 4.86. The molecule has 0 saturated heterocycles. The van der Waals surface area contributed by atoms with Crippen molar-refractivity contribution in [2.45, 2.75) is 13.3 Å². The van der Waals surface area contributed by atoms with Crippen molar-refractivity contribution in [2.75, 3.05) is 17.2 Å². The third-order valence-corrected chi connectivity index (χ3v) is 5.60. The molecule has 3 aromatic heterocycles. The van der Waals surface area contributed by atoms with E-state index >= 15 is 0 Å². The number of rotatable bonds is 7. The fraction of sp³-hybridized carbons (Fsp3) is 0.174. The molecule has 0 spiro atoms. The highest BCUT2D eigenvalue weighted by Crippen LogP contribution is 2.25. The van der Waals surface area contributed by atoms with E-state index in [1.54, 1.807) is 36.9 Å². The SMILES string of the molecule is Cc1c(NC(=O)n2cc3c([N+](=O)[O-])cccc3n2)c[nH]c1C(=O)Nc1ccn(C)c1C(=O)NCCC#N. The number of carbonyl (C=O) groups excluding carboxylic acids is 3. The molecule has 3 amide bonds. The van der Waals surface area contributed by atoms with E-state index in [4.69, 9.17) is 5.26 Å². The van der Waals surface area contributed by atoms with Gasteiger partial charge in [0.15, 0.2) is 0 Å². The molecule has 14 heteroatoms. The number of nitrogens with zero attached hydrogens (tertiary/aromatic N) is 5. The number of hydrogen-bond donors (Lipinski definition) is 4. The van der Waals surface area contributed by atoms with Gasteiger partial charge in [0.05, 0.1) is 45.9 Å². The predicted octanol–water partition coefficient (Wildman–Crippen LogP) is 2.90. The monoisotopic (exact) mass is 503 g/mol. The second-order valence-corrected chi connectivity index (χ2v) is 7.98. The van der Waals surface area contributed by atoms with E-state index in [9.17, 15) is 24.5 Å². The number of nitro groups is 1. The van der Waals surface area contributed by atoms with Gasteiger partial charge in [0.2, 0.25) is 0 Å². The van der Waals surface area contributed by atoms with E-state index in [2.05, 4.69) is 26.0 Å². The number of aromatic amines is 1. The minimum absolute atomic E-state index is 0.149. The van der Waals surface area contributed by atoms with Crippen molar-refractivity contribution in [3.63, 3.8) is 0 Å². The largest absolute Gasteiger partial charge is 0.355 e. The van der Waals surface area contributed by atoms with E-state index in [0.29, 0.717) is 11.3 Å². The van der Waals surface area contributed by atoms with Gasteiger partial charge in [-0.3, -0.25) is 19.7 Å². The minimum Gasteiger partial charge on any atom is -0.355 e. The lowest BCUT2D eigenvalue weighted by atomic mass is 10.2. The summed E-state index contributed by atoms with van der Waals surface area (Å²) >= 11 is 0. The highest BCUT2D eigenvalue weighted by Gasteiger charge is 2.22. The lowest BCUT2D eigenvalue weighted by Gasteiger charge is -2.09. The summed E-state index contributed by atoms with van der Waals surface area (Å²) in [5.41, 5.74) is 1.46. The summed E-state index contributed by atoms with van der Waals surface area (Å²) in [5, 5.41) is 32.1. The second kappa shape index (κ2) is 10.0. The van der Waals surface area contributed by atoms with Crippen molar-refractivity contribution in [2.24, 2.45) is 7.05 Å². The van der Waals surface area contributed by atoms with Gasteiger partial charge in [-0.2, -0.15) is 15.0 Å². The maximum absolute atomic E-state index is 12.9. The van der Waals surface area contributed by atoms with E-state index in [1.807, 2.05) is 6.07 Å². The van der Waals surface area contributed by atoms with Gasteiger partial charge in [-0.15, -0.1) is 0 Å². The maximum atomic E-state index is 12.9. The van der Waals surface area contributed by atoms with Crippen LogP contribution in [0.3, 0.4) is 0 Å². The Morgan fingerprint density at radius 3 is 2.70 bits per heavy atom. The summed E-state index contributed by atoms with van der Waals surface area (Å²) in [6.07, 6.45) is 4.45. The van der Waals surface area contributed by atoms with Crippen molar-refractivity contribution < 1.29 is 19.3 Å². The van der Waals surface area contributed by atoms with Gasteiger partial charge in [0.25, 0.3) is 17.5 Å². The Bertz CT molecular complexity index is 1590. The second-order valence-electron chi connectivity index (χ2n) is 7.98. The summed E-state index contributed by atoms with van der Waals surface area (Å²) in [7, 11) is 1.65. The molecule has 0 aliphatic rings. The highest BCUT2D eigenvalue weighted by molar-refractivity contribution is 6.09. The number of aromatic nitrogens is 4. The summed E-state index contributed by atoms with van der Waals surface area (Å²) in [6.45, 7) is 1.79. The highest BCUT2D eigenvalue weighted by atomic mass is 16.6. The van der Waals surface area contributed by atoms with Crippen LogP contribution in [-0.2, 0) is 7.05 Å². The van der Waals surface area contributed by atoms with Crippen LogP contribution in [0.15, 0.2) is 42.9 Å². The number of aryl methyl sites for hydroxylation is 1. The molecule has 4 aromatic rings. The first kappa shape index (κ1) is 24.7. The Morgan fingerprint density at radius 2 is 1.97 bits per heavy atom. The number of hydrogen-bond acceptors (Lipinski definition) is 7. The zero-order chi connectivity index (χ0) is 26.7. The zero-order valence-corrected chi connectivity index (χ0v) is 19.7. The zero-order valence-electron chi connectivity index (χ0n) is 19.7. The van der Waals surface area contributed by atoms with Gasteiger partial charge in [-0.05, 0) is 19.1 Å².